The van der Waals surface area contributed by atoms with E-state index in [4.69, 9.17) is 23.2 Å². The molecule has 0 unspecified atom stereocenters. The number of carbonyl (C=O) groups is 1. The predicted octanol–water partition coefficient (Wildman–Crippen LogP) is 6.44. The van der Waals surface area contributed by atoms with Gasteiger partial charge in [0.1, 0.15) is 5.56 Å². The largest absolute Gasteiger partial charge is 0.478 e. The summed E-state index contributed by atoms with van der Waals surface area (Å²) in [4.78, 5) is 16.4. The van der Waals surface area contributed by atoms with Gasteiger partial charge in [0.2, 0.25) is 0 Å². The van der Waals surface area contributed by atoms with E-state index in [1.54, 1.807) is 28.8 Å². The molecule has 0 radical (unpaired) electrons. The summed E-state index contributed by atoms with van der Waals surface area (Å²) in [5.74, 6) is -1.06. The first-order valence-corrected chi connectivity index (χ1v) is 9.46. The molecule has 1 N–H and O–H groups in total. The number of carboxylic acid groups (broad SMARTS) is 1. The molecule has 0 atom stereocenters. The van der Waals surface area contributed by atoms with Crippen LogP contribution in [0.4, 0.5) is 0 Å². The van der Waals surface area contributed by atoms with E-state index in [0.29, 0.717) is 25.9 Å². The van der Waals surface area contributed by atoms with Crippen molar-refractivity contribution in [1.82, 2.24) is 9.38 Å². The van der Waals surface area contributed by atoms with Crippen molar-refractivity contribution in [3.63, 3.8) is 0 Å². The molecule has 0 aliphatic heterocycles. The van der Waals surface area contributed by atoms with E-state index >= 15 is 0 Å². The van der Waals surface area contributed by atoms with Gasteiger partial charge in [0.25, 0.3) is 0 Å². The Bertz CT molecular complexity index is 1190. The lowest BCUT2D eigenvalue weighted by molar-refractivity contribution is 0.0698. The number of halogens is 3. The fourth-order valence-corrected chi connectivity index (χ4v) is 3.78. The highest BCUT2D eigenvalue weighted by Crippen LogP contribution is 2.37. The molecule has 2 aromatic heterocycles. The van der Waals surface area contributed by atoms with Crippen molar-refractivity contribution in [3.8, 4) is 22.5 Å². The van der Waals surface area contributed by atoms with Gasteiger partial charge in [0.15, 0.2) is 5.65 Å². The number of imidazole rings is 1. The Kier molecular flexibility index (Phi) is 4.68. The number of aromatic carboxylic acids is 1. The fourth-order valence-electron chi connectivity index (χ4n) is 2.99. The van der Waals surface area contributed by atoms with Crippen LogP contribution in [0.1, 0.15) is 10.4 Å². The minimum Gasteiger partial charge on any atom is -0.478 e. The van der Waals surface area contributed by atoms with Crippen molar-refractivity contribution in [2.45, 2.75) is 0 Å². The van der Waals surface area contributed by atoms with Gasteiger partial charge < -0.3 is 5.11 Å². The van der Waals surface area contributed by atoms with Gasteiger partial charge in [0, 0.05) is 26.8 Å². The third kappa shape index (κ3) is 3.23. The number of benzene rings is 2. The number of rotatable bonds is 3. The zero-order valence-corrected chi connectivity index (χ0v) is 16.8. The molecule has 0 aliphatic carbocycles. The van der Waals surface area contributed by atoms with Gasteiger partial charge in [-0.25, -0.2) is 9.78 Å². The highest BCUT2D eigenvalue weighted by molar-refractivity contribution is 9.10. The number of aromatic nitrogens is 2. The molecule has 0 fully saturated rings. The molecule has 0 amide bonds. The van der Waals surface area contributed by atoms with E-state index in [-0.39, 0.29) is 5.56 Å². The summed E-state index contributed by atoms with van der Waals surface area (Å²) in [6.45, 7) is 0. The second-order valence-electron chi connectivity index (χ2n) is 5.87. The van der Waals surface area contributed by atoms with Crippen molar-refractivity contribution in [3.05, 3.63) is 80.9 Å². The van der Waals surface area contributed by atoms with Crippen LogP contribution < -0.4 is 0 Å². The third-order valence-electron chi connectivity index (χ3n) is 4.16. The molecule has 0 saturated heterocycles. The lowest BCUT2D eigenvalue weighted by Gasteiger charge is -2.08. The first kappa shape index (κ1) is 18.0. The van der Waals surface area contributed by atoms with Gasteiger partial charge in [-0.05, 0) is 40.2 Å². The molecule has 4 nitrogen and oxygen atoms in total. The maximum Gasteiger partial charge on any atom is 0.339 e. The van der Waals surface area contributed by atoms with E-state index in [2.05, 4.69) is 20.9 Å². The number of carboxylic acids is 1. The van der Waals surface area contributed by atoms with Crippen molar-refractivity contribution < 1.29 is 9.90 Å². The Morgan fingerprint density at radius 3 is 2.44 bits per heavy atom. The Hall–Kier alpha value is -2.34. The quantitative estimate of drug-likeness (QED) is 0.382. The molecule has 4 rings (SSSR count). The zero-order chi connectivity index (χ0) is 19.1. The summed E-state index contributed by atoms with van der Waals surface area (Å²) < 4.78 is 2.39. The number of hydrogen-bond acceptors (Lipinski definition) is 2. The summed E-state index contributed by atoms with van der Waals surface area (Å²) in [6, 6.07) is 16.2. The topological polar surface area (TPSA) is 54.6 Å². The van der Waals surface area contributed by atoms with Crippen molar-refractivity contribution >= 4 is 50.7 Å². The van der Waals surface area contributed by atoms with E-state index in [1.165, 1.54) is 6.07 Å². The van der Waals surface area contributed by atoms with Gasteiger partial charge in [-0.3, -0.25) is 4.40 Å². The van der Waals surface area contributed by atoms with Crippen LogP contribution >= 0.6 is 39.1 Å². The van der Waals surface area contributed by atoms with Crippen LogP contribution in [0.3, 0.4) is 0 Å². The van der Waals surface area contributed by atoms with Gasteiger partial charge in [0.05, 0.1) is 16.4 Å². The number of hydrogen-bond donors (Lipinski definition) is 1. The summed E-state index contributed by atoms with van der Waals surface area (Å²) in [5.41, 5.74) is 3.34. The van der Waals surface area contributed by atoms with Crippen LogP contribution in [0.5, 0.6) is 0 Å². The maximum atomic E-state index is 11.8. The molecular formula is C20H11BrCl2N2O2. The summed E-state index contributed by atoms with van der Waals surface area (Å²) >= 11 is 15.8. The van der Waals surface area contributed by atoms with Crippen LogP contribution in [-0.2, 0) is 0 Å². The number of fused-ring (bicyclic) bond motifs is 1. The van der Waals surface area contributed by atoms with Crippen LogP contribution in [0.25, 0.3) is 28.2 Å². The second kappa shape index (κ2) is 7.00. The number of nitrogens with zero attached hydrogens (tertiary/aromatic N) is 2. The molecule has 0 spiro atoms. The minimum atomic E-state index is -1.06. The fraction of sp³-hybridized carbons (Fsp3) is 0. The van der Waals surface area contributed by atoms with Crippen LogP contribution in [0.15, 0.2) is 65.3 Å². The molecule has 134 valence electrons. The molecule has 4 aromatic rings. The van der Waals surface area contributed by atoms with Crippen molar-refractivity contribution in [1.29, 1.82) is 0 Å². The van der Waals surface area contributed by atoms with Gasteiger partial charge in [-0.1, -0.05) is 53.5 Å². The van der Waals surface area contributed by atoms with E-state index in [1.807, 2.05) is 30.3 Å². The molecular weight excluding hydrogens is 451 g/mol. The standard InChI is InChI=1S/C20H11BrCl2N2O2/c21-12-9-15(20(26)27)19-24-17(14-3-1-2-4-16(14)23)18(25(19)10-12)11-5-7-13(22)8-6-11/h1-10H,(H,26,27). The summed E-state index contributed by atoms with van der Waals surface area (Å²) in [7, 11) is 0. The van der Waals surface area contributed by atoms with Crippen molar-refractivity contribution in [2.75, 3.05) is 0 Å². The Morgan fingerprint density at radius 1 is 1.07 bits per heavy atom. The average Bonchev–Trinajstić information content (AvgIpc) is 3.01. The first-order chi connectivity index (χ1) is 13.0. The molecule has 7 heteroatoms. The normalized spacial score (nSPS) is 11.1. The first-order valence-electron chi connectivity index (χ1n) is 7.91. The van der Waals surface area contributed by atoms with Crippen LogP contribution in [0.2, 0.25) is 10.0 Å². The summed E-state index contributed by atoms with van der Waals surface area (Å²) in [5, 5.41) is 10.8. The monoisotopic (exact) mass is 460 g/mol. The molecule has 0 bridgehead atoms. The molecule has 2 aromatic carbocycles. The van der Waals surface area contributed by atoms with E-state index in [9.17, 15) is 9.90 Å². The average molecular weight is 462 g/mol. The lowest BCUT2D eigenvalue weighted by Crippen LogP contribution is -2.01. The minimum absolute atomic E-state index is 0.0953. The maximum absolute atomic E-state index is 11.8. The molecule has 27 heavy (non-hydrogen) atoms. The smallest absolute Gasteiger partial charge is 0.339 e. The van der Waals surface area contributed by atoms with E-state index in [0.717, 1.165) is 16.8 Å². The molecule has 0 saturated carbocycles. The third-order valence-corrected chi connectivity index (χ3v) is 5.18. The predicted molar refractivity (Wildman–Crippen MR) is 111 cm³/mol. The number of pyridine rings is 1. The van der Waals surface area contributed by atoms with Crippen LogP contribution in [-0.4, -0.2) is 20.5 Å². The molecule has 2 heterocycles. The van der Waals surface area contributed by atoms with Gasteiger partial charge in [-0.2, -0.15) is 0 Å². The Labute approximate surface area is 173 Å². The summed E-state index contributed by atoms with van der Waals surface area (Å²) in [6.07, 6.45) is 1.79. The van der Waals surface area contributed by atoms with Crippen LogP contribution in [0, 0.1) is 0 Å². The highest BCUT2D eigenvalue weighted by Gasteiger charge is 2.22. The van der Waals surface area contributed by atoms with Crippen molar-refractivity contribution in [2.24, 2.45) is 0 Å². The lowest BCUT2D eigenvalue weighted by atomic mass is 10.0. The molecule has 0 aliphatic rings. The Balaban J connectivity index is 2.15. The van der Waals surface area contributed by atoms with Gasteiger partial charge >= 0.3 is 5.97 Å². The van der Waals surface area contributed by atoms with Gasteiger partial charge in [-0.15, -0.1) is 0 Å². The second-order valence-corrected chi connectivity index (χ2v) is 7.63. The highest BCUT2D eigenvalue weighted by atomic mass is 79.9. The SMILES string of the molecule is O=C(O)c1cc(Br)cn2c(-c3ccc(Cl)cc3)c(-c3ccccc3Cl)nc12. The Morgan fingerprint density at radius 2 is 1.78 bits per heavy atom. The van der Waals surface area contributed by atoms with E-state index < -0.39 is 5.97 Å². The zero-order valence-electron chi connectivity index (χ0n) is 13.7.